The van der Waals surface area contributed by atoms with Gasteiger partial charge in [0.1, 0.15) is 0 Å². The van der Waals surface area contributed by atoms with Gasteiger partial charge in [0.25, 0.3) is 0 Å². The summed E-state index contributed by atoms with van der Waals surface area (Å²) in [6.45, 7) is 0.583. The summed E-state index contributed by atoms with van der Waals surface area (Å²) in [5.41, 5.74) is 1.85. The number of thiazole rings is 2. The maximum absolute atomic E-state index is 11.0. The van der Waals surface area contributed by atoms with Crippen LogP contribution in [0.5, 0.6) is 0 Å². The lowest BCUT2D eigenvalue weighted by Crippen LogP contribution is -2.02. The molecule has 0 bridgehead atoms. The summed E-state index contributed by atoms with van der Waals surface area (Å²) in [4.78, 5) is 18.2. The Morgan fingerprint density at radius 3 is 3.11 bits per heavy atom. The Balaban J connectivity index is 1.80. The molecule has 0 atom stereocenters. The number of fused-ring (bicyclic) bond motifs is 1. The van der Waals surface area contributed by atoms with Crippen LogP contribution in [-0.2, 0) is 6.54 Å². The second-order valence-corrected chi connectivity index (χ2v) is 6.45. The third-order valence-corrected chi connectivity index (χ3v) is 4.56. The minimum atomic E-state index is -0.0277. The van der Waals surface area contributed by atoms with Crippen LogP contribution >= 0.6 is 38.6 Å². The third-order valence-electron chi connectivity index (χ3n) is 2.35. The van der Waals surface area contributed by atoms with Gasteiger partial charge in [-0.2, -0.15) is 0 Å². The third kappa shape index (κ3) is 2.47. The van der Waals surface area contributed by atoms with Gasteiger partial charge in [0, 0.05) is 15.5 Å². The maximum Gasteiger partial charge on any atom is 0.304 e. The Morgan fingerprint density at radius 2 is 2.33 bits per heavy atom. The van der Waals surface area contributed by atoms with Gasteiger partial charge >= 0.3 is 4.87 Å². The highest BCUT2D eigenvalue weighted by atomic mass is 79.9. The van der Waals surface area contributed by atoms with E-state index in [4.69, 9.17) is 0 Å². The van der Waals surface area contributed by atoms with Crippen LogP contribution < -0.4 is 10.2 Å². The fourth-order valence-electron chi connectivity index (χ4n) is 1.55. The zero-order chi connectivity index (χ0) is 12.5. The lowest BCUT2D eigenvalue weighted by atomic mass is 10.3. The summed E-state index contributed by atoms with van der Waals surface area (Å²) in [6.07, 6.45) is 0. The SMILES string of the molecule is O=c1[nH]c(CNc2nc3cc(Br)ccc3s2)cs1. The molecule has 0 fully saturated rings. The molecule has 7 heteroatoms. The largest absolute Gasteiger partial charge is 0.356 e. The average Bonchev–Trinajstić information content (AvgIpc) is 2.92. The molecule has 0 aliphatic rings. The molecule has 2 N–H and O–H groups in total. The van der Waals surface area contributed by atoms with Gasteiger partial charge in [-0.3, -0.25) is 4.79 Å². The quantitative estimate of drug-likeness (QED) is 0.767. The molecular weight excluding hydrogens is 334 g/mol. The van der Waals surface area contributed by atoms with E-state index in [1.807, 2.05) is 23.6 Å². The van der Waals surface area contributed by atoms with E-state index >= 15 is 0 Å². The first-order valence-electron chi connectivity index (χ1n) is 5.17. The van der Waals surface area contributed by atoms with Crippen molar-refractivity contribution < 1.29 is 0 Å². The van der Waals surface area contributed by atoms with Crippen molar-refractivity contribution >= 4 is 54.0 Å². The molecule has 4 nitrogen and oxygen atoms in total. The number of H-pyrrole nitrogens is 1. The molecule has 0 saturated carbocycles. The standard InChI is InChI=1S/C11H8BrN3OS2/c12-6-1-2-9-8(3-6)15-10(18-9)13-4-7-5-17-11(16)14-7/h1-3,5H,4H2,(H,13,15)(H,14,16). The van der Waals surface area contributed by atoms with Gasteiger partial charge in [-0.15, -0.1) is 0 Å². The van der Waals surface area contributed by atoms with Crippen molar-refractivity contribution in [3.63, 3.8) is 0 Å². The van der Waals surface area contributed by atoms with E-state index in [0.717, 1.165) is 25.5 Å². The number of aromatic amines is 1. The van der Waals surface area contributed by atoms with E-state index in [9.17, 15) is 4.79 Å². The molecule has 1 aromatic carbocycles. The predicted octanol–water partition coefficient (Wildman–Crippen LogP) is 3.42. The van der Waals surface area contributed by atoms with Crippen LogP contribution in [0.2, 0.25) is 0 Å². The highest BCUT2D eigenvalue weighted by Crippen LogP contribution is 2.28. The fraction of sp³-hybridized carbons (Fsp3) is 0.0909. The number of halogens is 1. The van der Waals surface area contributed by atoms with E-state index < -0.39 is 0 Å². The molecule has 0 spiro atoms. The number of anilines is 1. The van der Waals surface area contributed by atoms with Gasteiger partial charge in [0.05, 0.1) is 16.8 Å². The number of hydrogen-bond donors (Lipinski definition) is 2. The van der Waals surface area contributed by atoms with Gasteiger partial charge in [-0.05, 0) is 18.2 Å². The summed E-state index contributed by atoms with van der Waals surface area (Å²) in [6, 6.07) is 6.03. The van der Waals surface area contributed by atoms with E-state index in [0.29, 0.717) is 6.54 Å². The van der Waals surface area contributed by atoms with E-state index in [1.165, 1.54) is 11.3 Å². The Bertz CT molecular complexity index is 746. The van der Waals surface area contributed by atoms with Crippen LogP contribution in [0.1, 0.15) is 5.69 Å². The smallest absolute Gasteiger partial charge is 0.304 e. The minimum absolute atomic E-state index is 0.0277. The Labute approximate surface area is 119 Å². The number of rotatable bonds is 3. The number of aromatic nitrogens is 2. The summed E-state index contributed by atoms with van der Waals surface area (Å²) in [7, 11) is 0. The topological polar surface area (TPSA) is 57.8 Å². The minimum Gasteiger partial charge on any atom is -0.356 e. The average molecular weight is 342 g/mol. The lowest BCUT2D eigenvalue weighted by Gasteiger charge is -1.97. The summed E-state index contributed by atoms with van der Waals surface area (Å²) in [5, 5.41) is 5.89. The number of nitrogens with one attached hydrogen (secondary N) is 2. The Kier molecular flexibility index (Phi) is 3.19. The summed E-state index contributed by atoms with van der Waals surface area (Å²) < 4.78 is 2.16. The molecule has 3 rings (SSSR count). The van der Waals surface area contributed by atoms with Gasteiger partial charge in [0.15, 0.2) is 5.13 Å². The van der Waals surface area contributed by atoms with Gasteiger partial charge in [-0.1, -0.05) is 38.6 Å². The van der Waals surface area contributed by atoms with Crippen LogP contribution in [0, 0.1) is 0 Å². The molecule has 3 aromatic rings. The maximum atomic E-state index is 11.0. The molecule has 0 amide bonds. The summed E-state index contributed by atoms with van der Waals surface area (Å²) in [5.74, 6) is 0. The second kappa shape index (κ2) is 4.83. The van der Waals surface area contributed by atoms with Crippen molar-refractivity contribution in [2.75, 3.05) is 5.32 Å². The zero-order valence-corrected chi connectivity index (χ0v) is 12.3. The van der Waals surface area contributed by atoms with E-state index in [2.05, 4.69) is 31.2 Å². The molecule has 0 aliphatic heterocycles. The number of benzene rings is 1. The lowest BCUT2D eigenvalue weighted by molar-refractivity contribution is 1.05. The number of nitrogens with zero attached hydrogens (tertiary/aromatic N) is 1. The van der Waals surface area contributed by atoms with E-state index in [-0.39, 0.29) is 4.87 Å². The molecule has 0 saturated heterocycles. The van der Waals surface area contributed by atoms with Crippen molar-refractivity contribution in [2.24, 2.45) is 0 Å². The van der Waals surface area contributed by atoms with Crippen molar-refractivity contribution in [2.45, 2.75) is 6.54 Å². The van der Waals surface area contributed by atoms with Crippen LogP contribution in [0.15, 0.2) is 32.8 Å². The fourth-order valence-corrected chi connectivity index (χ4v) is 3.32. The monoisotopic (exact) mass is 341 g/mol. The molecule has 18 heavy (non-hydrogen) atoms. The zero-order valence-electron chi connectivity index (χ0n) is 9.07. The molecule has 0 aliphatic carbocycles. The predicted molar refractivity (Wildman–Crippen MR) is 79.6 cm³/mol. The van der Waals surface area contributed by atoms with Crippen molar-refractivity contribution in [3.05, 3.63) is 43.4 Å². The van der Waals surface area contributed by atoms with Gasteiger partial charge in [0.2, 0.25) is 0 Å². The van der Waals surface area contributed by atoms with Crippen molar-refractivity contribution in [3.8, 4) is 0 Å². The van der Waals surface area contributed by atoms with E-state index in [1.54, 1.807) is 11.3 Å². The first-order valence-corrected chi connectivity index (χ1v) is 7.66. The second-order valence-electron chi connectivity index (χ2n) is 3.66. The molecule has 2 heterocycles. The normalized spacial score (nSPS) is 10.9. The summed E-state index contributed by atoms with van der Waals surface area (Å²) >= 11 is 6.20. The molecular formula is C11H8BrN3OS2. The van der Waals surface area contributed by atoms with Crippen molar-refractivity contribution in [1.29, 1.82) is 0 Å². The van der Waals surface area contributed by atoms with Crippen molar-refractivity contribution in [1.82, 2.24) is 9.97 Å². The molecule has 92 valence electrons. The van der Waals surface area contributed by atoms with Gasteiger partial charge in [-0.25, -0.2) is 4.98 Å². The van der Waals surface area contributed by atoms with Crippen LogP contribution in [0.25, 0.3) is 10.2 Å². The molecule has 2 aromatic heterocycles. The first-order chi connectivity index (χ1) is 8.70. The van der Waals surface area contributed by atoms with Crippen LogP contribution in [0.4, 0.5) is 5.13 Å². The highest BCUT2D eigenvalue weighted by Gasteiger charge is 2.04. The first kappa shape index (κ1) is 11.9. The molecule has 0 radical (unpaired) electrons. The highest BCUT2D eigenvalue weighted by molar-refractivity contribution is 9.10. The van der Waals surface area contributed by atoms with Crippen LogP contribution in [0.3, 0.4) is 0 Å². The Morgan fingerprint density at radius 1 is 1.44 bits per heavy atom. The Hall–Kier alpha value is -1.18. The molecule has 0 unspecified atom stereocenters. The van der Waals surface area contributed by atoms with Gasteiger partial charge < -0.3 is 10.3 Å². The van der Waals surface area contributed by atoms with Crippen LogP contribution in [-0.4, -0.2) is 9.97 Å². The number of hydrogen-bond acceptors (Lipinski definition) is 5.